The van der Waals surface area contributed by atoms with Gasteiger partial charge in [0, 0.05) is 42.7 Å². The van der Waals surface area contributed by atoms with E-state index in [1.165, 1.54) is 39.3 Å². The van der Waals surface area contributed by atoms with Crippen LogP contribution in [-0.4, -0.2) is 0 Å². The average Bonchev–Trinajstić information content (AvgIpc) is 2.83. The van der Waals surface area contributed by atoms with Crippen molar-refractivity contribution in [1.29, 1.82) is 0 Å². The molecule has 1 aliphatic carbocycles. The minimum atomic E-state index is -0.0267. The van der Waals surface area contributed by atoms with Crippen LogP contribution >= 0.6 is 0 Å². The first-order valence-corrected chi connectivity index (χ1v) is 11.6. The summed E-state index contributed by atoms with van der Waals surface area (Å²) in [7, 11) is 0. The lowest BCUT2D eigenvalue weighted by Crippen LogP contribution is -2.71. The number of rotatable bonds is 1. The SMILES string of the molecule is C=CC1[n+]2ccccc2-c2ccccc2C12CC1c3ccccc3-c3cccc(C)[n+]3C12. The zero-order valence-corrected chi connectivity index (χ0v) is 18.3. The summed E-state index contributed by atoms with van der Waals surface area (Å²) in [5, 5.41) is 0. The fraction of sp³-hybridized carbons (Fsp3) is 0.200. The molecule has 1 spiro atoms. The van der Waals surface area contributed by atoms with Crippen molar-refractivity contribution in [2.24, 2.45) is 0 Å². The molecule has 4 aromatic rings. The third kappa shape index (κ3) is 2.01. The Kier molecular flexibility index (Phi) is 3.54. The molecule has 154 valence electrons. The predicted molar refractivity (Wildman–Crippen MR) is 126 cm³/mol. The van der Waals surface area contributed by atoms with Crippen molar-refractivity contribution in [3.63, 3.8) is 0 Å². The van der Waals surface area contributed by atoms with Gasteiger partial charge in [0.2, 0.25) is 11.4 Å². The molecule has 1 saturated carbocycles. The smallest absolute Gasteiger partial charge is 0.191 e. The summed E-state index contributed by atoms with van der Waals surface area (Å²) in [6.45, 7) is 6.63. The molecule has 32 heavy (non-hydrogen) atoms. The Hall–Kier alpha value is -3.52. The summed E-state index contributed by atoms with van der Waals surface area (Å²) in [5.41, 5.74) is 9.64. The highest BCUT2D eigenvalue weighted by Crippen LogP contribution is 2.66. The van der Waals surface area contributed by atoms with E-state index in [-0.39, 0.29) is 11.5 Å². The van der Waals surface area contributed by atoms with E-state index in [2.05, 4.69) is 120 Å². The second kappa shape index (κ2) is 6.26. The van der Waals surface area contributed by atoms with Gasteiger partial charge in [-0.15, -0.1) is 0 Å². The zero-order valence-electron chi connectivity index (χ0n) is 18.3. The molecule has 0 N–H and O–H groups in total. The van der Waals surface area contributed by atoms with Crippen molar-refractivity contribution < 1.29 is 9.13 Å². The largest absolute Gasteiger partial charge is 0.213 e. The molecule has 0 radical (unpaired) electrons. The number of hydrogen-bond acceptors (Lipinski definition) is 0. The number of fused-ring (bicyclic) bond motifs is 11. The first kappa shape index (κ1) is 18.1. The Morgan fingerprint density at radius 3 is 2.47 bits per heavy atom. The van der Waals surface area contributed by atoms with E-state index in [1.807, 2.05) is 0 Å². The molecular formula is C30H26N2+2. The zero-order chi connectivity index (χ0) is 21.4. The van der Waals surface area contributed by atoms with E-state index in [0.717, 1.165) is 6.42 Å². The van der Waals surface area contributed by atoms with Gasteiger partial charge >= 0.3 is 0 Å². The van der Waals surface area contributed by atoms with Crippen LogP contribution in [0.5, 0.6) is 0 Å². The maximum atomic E-state index is 4.36. The molecule has 7 rings (SSSR count). The molecular weight excluding hydrogens is 388 g/mol. The first-order valence-electron chi connectivity index (χ1n) is 11.6. The molecule has 4 heterocycles. The lowest BCUT2D eigenvalue weighted by atomic mass is 9.47. The van der Waals surface area contributed by atoms with E-state index in [9.17, 15) is 0 Å². The molecule has 2 aliphatic heterocycles. The number of aromatic nitrogens is 2. The fourth-order valence-electron chi connectivity index (χ4n) is 7.09. The molecule has 2 nitrogen and oxygen atoms in total. The summed E-state index contributed by atoms with van der Waals surface area (Å²) >= 11 is 0. The Labute approximate surface area is 189 Å². The second-order valence-electron chi connectivity index (χ2n) is 9.52. The Balaban J connectivity index is 1.56. The molecule has 4 atom stereocenters. The van der Waals surface area contributed by atoms with Gasteiger partial charge in [0.1, 0.15) is 5.41 Å². The molecule has 0 bridgehead atoms. The van der Waals surface area contributed by atoms with Gasteiger partial charge in [0.05, 0.1) is 5.56 Å². The summed E-state index contributed by atoms with van der Waals surface area (Å²) in [6.07, 6.45) is 5.56. The van der Waals surface area contributed by atoms with E-state index in [1.54, 1.807) is 0 Å². The van der Waals surface area contributed by atoms with Crippen molar-refractivity contribution >= 4 is 0 Å². The molecule has 2 aromatic carbocycles. The molecule has 0 saturated heterocycles. The van der Waals surface area contributed by atoms with Crippen LogP contribution in [0.15, 0.2) is 104 Å². The van der Waals surface area contributed by atoms with Gasteiger partial charge in [-0.2, -0.15) is 9.13 Å². The number of aryl methyl sites for hydroxylation is 1. The first-order chi connectivity index (χ1) is 15.8. The van der Waals surface area contributed by atoms with Gasteiger partial charge < -0.3 is 0 Å². The number of pyridine rings is 2. The molecule has 1 fully saturated rings. The number of benzene rings is 2. The van der Waals surface area contributed by atoms with Crippen LogP contribution in [0.1, 0.15) is 41.2 Å². The highest BCUT2D eigenvalue weighted by atomic mass is 15.1. The standard InChI is InChI=1S/C30H26N2/c1-3-28-30(25-15-7-6-14-23(25)26-16-8-9-18-31(26)28)19-24-21-12-4-5-13-22(21)27-17-10-11-20(2)32(27)29(24)30/h3-18,24,28-29H,1,19H2,2H3/q+2. The van der Waals surface area contributed by atoms with Crippen LogP contribution in [0, 0.1) is 6.92 Å². The van der Waals surface area contributed by atoms with E-state index in [0.29, 0.717) is 12.0 Å². The molecule has 0 amide bonds. The van der Waals surface area contributed by atoms with Gasteiger partial charge in [-0.3, -0.25) is 0 Å². The van der Waals surface area contributed by atoms with Crippen LogP contribution in [0.2, 0.25) is 0 Å². The second-order valence-corrected chi connectivity index (χ2v) is 9.52. The Bertz CT molecular complexity index is 1420. The Morgan fingerprint density at radius 2 is 1.59 bits per heavy atom. The molecule has 2 aromatic heterocycles. The van der Waals surface area contributed by atoms with Crippen LogP contribution < -0.4 is 9.13 Å². The Morgan fingerprint density at radius 1 is 0.844 bits per heavy atom. The van der Waals surface area contributed by atoms with Gasteiger partial charge in [0.15, 0.2) is 24.0 Å². The summed E-state index contributed by atoms with van der Waals surface area (Å²) < 4.78 is 5.10. The van der Waals surface area contributed by atoms with E-state index in [4.69, 9.17) is 0 Å². The highest BCUT2D eigenvalue weighted by molar-refractivity contribution is 5.69. The maximum absolute atomic E-state index is 4.36. The van der Waals surface area contributed by atoms with Crippen LogP contribution in [0.3, 0.4) is 0 Å². The average molecular weight is 415 g/mol. The van der Waals surface area contributed by atoms with Crippen molar-refractivity contribution in [3.8, 4) is 22.5 Å². The van der Waals surface area contributed by atoms with Gasteiger partial charge in [-0.1, -0.05) is 43.0 Å². The summed E-state index contributed by atoms with van der Waals surface area (Å²) in [6, 6.07) is 32.0. The molecule has 4 unspecified atom stereocenters. The van der Waals surface area contributed by atoms with Crippen LogP contribution in [-0.2, 0) is 5.41 Å². The highest BCUT2D eigenvalue weighted by Gasteiger charge is 2.71. The minimum absolute atomic E-state index is 0.0267. The topological polar surface area (TPSA) is 7.76 Å². The van der Waals surface area contributed by atoms with Gasteiger partial charge in [0.25, 0.3) is 0 Å². The van der Waals surface area contributed by atoms with Gasteiger partial charge in [-0.25, -0.2) is 0 Å². The third-order valence-corrected chi connectivity index (χ3v) is 8.26. The van der Waals surface area contributed by atoms with Crippen LogP contribution in [0.4, 0.5) is 0 Å². The number of nitrogens with zero attached hydrogens (tertiary/aromatic N) is 2. The fourth-order valence-corrected chi connectivity index (χ4v) is 7.09. The van der Waals surface area contributed by atoms with Gasteiger partial charge in [-0.05, 0) is 47.9 Å². The predicted octanol–water partition coefficient (Wildman–Crippen LogP) is 5.62. The van der Waals surface area contributed by atoms with E-state index >= 15 is 0 Å². The summed E-state index contributed by atoms with van der Waals surface area (Å²) in [4.78, 5) is 0. The quantitative estimate of drug-likeness (QED) is 0.282. The van der Waals surface area contributed by atoms with Crippen molar-refractivity contribution in [2.45, 2.75) is 36.8 Å². The summed E-state index contributed by atoms with van der Waals surface area (Å²) in [5.74, 6) is 0.506. The maximum Gasteiger partial charge on any atom is 0.213 e. The molecule has 3 aliphatic rings. The number of hydrogen-bond donors (Lipinski definition) is 0. The lowest BCUT2D eigenvalue weighted by Gasteiger charge is -2.56. The van der Waals surface area contributed by atoms with Crippen molar-refractivity contribution in [3.05, 3.63) is 121 Å². The monoisotopic (exact) mass is 414 g/mol. The third-order valence-electron chi connectivity index (χ3n) is 8.26. The molecule has 2 heteroatoms. The normalized spacial score (nSPS) is 26.1. The van der Waals surface area contributed by atoms with Crippen molar-refractivity contribution in [2.75, 3.05) is 0 Å². The lowest BCUT2D eigenvalue weighted by molar-refractivity contribution is -0.778. The number of allylic oxidation sites excluding steroid dienone is 1. The van der Waals surface area contributed by atoms with E-state index < -0.39 is 0 Å². The minimum Gasteiger partial charge on any atom is -0.191 e. The van der Waals surface area contributed by atoms with Crippen molar-refractivity contribution in [1.82, 2.24) is 0 Å². The van der Waals surface area contributed by atoms with Crippen LogP contribution in [0.25, 0.3) is 22.5 Å².